The number of carbonyl (C=O) groups is 2. The van der Waals surface area contributed by atoms with Gasteiger partial charge in [-0.3, -0.25) is 10.1 Å². The highest BCUT2D eigenvalue weighted by atomic mass is 16.2. The summed E-state index contributed by atoms with van der Waals surface area (Å²) in [4.78, 5) is 23.2. The fourth-order valence-corrected chi connectivity index (χ4v) is 2.31. The number of urea groups is 1. The van der Waals surface area contributed by atoms with Gasteiger partial charge in [0.25, 0.3) is 5.91 Å². The zero-order valence-corrected chi connectivity index (χ0v) is 9.89. The summed E-state index contributed by atoms with van der Waals surface area (Å²) in [5.74, 6) is 0.133. The Hall–Kier alpha value is -1.06. The summed E-state index contributed by atoms with van der Waals surface area (Å²) < 4.78 is 0. The molecule has 4 nitrogen and oxygen atoms in total. The molecule has 0 bridgehead atoms. The maximum absolute atomic E-state index is 11.9. The SMILES string of the molecule is CCC(C)C1(C(C)CC)NC(=O)NC1=O. The number of imide groups is 1. The highest BCUT2D eigenvalue weighted by Gasteiger charge is 2.52. The Morgan fingerprint density at radius 2 is 1.60 bits per heavy atom. The molecule has 0 aromatic rings. The first-order valence-electron chi connectivity index (χ1n) is 5.62. The second-order valence-corrected chi connectivity index (χ2v) is 4.40. The molecule has 0 aromatic heterocycles. The first kappa shape index (κ1) is 12.0. The van der Waals surface area contributed by atoms with Gasteiger partial charge in [0.1, 0.15) is 5.54 Å². The van der Waals surface area contributed by atoms with Crippen molar-refractivity contribution in [1.29, 1.82) is 0 Å². The Balaban J connectivity index is 3.06. The minimum absolute atomic E-state index is 0.152. The molecular formula is C11H20N2O2. The molecule has 0 saturated carbocycles. The quantitative estimate of drug-likeness (QED) is 0.696. The van der Waals surface area contributed by atoms with Crippen LogP contribution in [0, 0.1) is 11.8 Å². The van der Waals surface area contributed by atoms with E-state index in [1.165, 1.54) is 0 Å². The summed E-state index contributed by atoms with van der Waals surface area (Å²) in [5.41, 5.74) is -0.708. The average molecular weight is 212 g/mol. The maximum atomic E-state index is 11.9. The highest BCUT2D eigenvalue weighted by Crippen LogP contribution is 2.33. The number of carbonyl (C=O) groups excluding carboxylic acids is 2. The van der Waals surface area contributed by atoms with Gasteiger partial charge in [-0.2, -0.15) is 0 Å². The van der Waals surface area contributed by atoms with Gasteiger partial charge in [0.05, 0.1) is 0 Å². The van der Waals surface area contributed by atoms with E-state index in [4.69, 9.17) is 0 Å². The van der Waals surface area contributed by atoms with Crippen LogP contribution in [0.15, 0.2) is 0 Å². The molecule has 4 heteroatoms. The third-order valence-electron chi connectivity index (χ3n) is 3.70. The van der Waals surface area contributed by atoms with Gasteiger partial charge in [-0.05, 0) is 11.8 Å². The third kappa shape index (κ3) is 1.73. The van der Waals surface area contributed by atoms with Gasteiger partial charge in [-0.1, -0.05) is 40.5 Å². The Labute approximate surface area is 90.8 Å². The van der Waals surface area contributed by atoms with E-state index in [9.17, 15) is 9.59 Å². The average Bonchev–Trinajstić information content (AvgIpc) is 2.52. The lowest BCUT2D eigenvalue weighted by Gasteiger charge is -2.37. The van der Waals surface area contributed by atoms with E-state index >= 15 is 0 Å². The van der Waals surface area contributed by atoms with Crippen LogP contribution in [0.4, 0.5) is 4.79 Å². The zero-order valence-electron chi connectivity index (χ0n) is 9.89. The van der Waals surface area contributed by atoms with Crippen LogP contribution >= 0.6 is 0 Å². The van der Waals surface area contributed by atoms with Gasteiger partial charge in [0.15, 0.2) is 0 Å². The lowest BCUT2D eigenvalue weighted by atomic mass is 9.73. The summed E-state index contributed by atoms with van der Waals surface area (Å²) in [6.07, 6.45) is 1.75. The van der Waals surface area contributed by atoms with Crippen LogP contribution in [0.25, 0.3) is 0 Å². The molecule has 0 spiro atoms. The van der Waals surface area contributed by atoms with Gasteiger partial charge >= 0.3 is 6.03 Å². The van der Waals surface area contributed by atoms with E-state index in [0.717, 1.165) is 12.8 Å². The van der Waals surface area contributed by atoms with Gasteiger partial charge in [0.2, 0.25) is 0 Å². The molecule has 86 valence electrons. The Morgan fingerprint density at radius 3 is 1.87 bits per heavy atom. The van der Waals surface area contributed by atoms with Gasteiger partial charge in [-0.15, -0.1) is 0 Å². The molecule has 2 unspecified atom stereocenters. The Morgan fingerprint density at radius 1 is 1.13 bits per heavy atom. The van der Waals surface area contributed by atoms with Crippen LogP contribution < -0.4 is 10.6 Å². The number of amides is 3. The highest BCUT2D eigenvalue weighted by molar-refractivity contribution is 6.07. The van der Waals surface area contributed by atoms with Crippen LogP contribution in [0.3, 0.4) is 0 Å². The molecule has 1 aliphatic rings. The first-order valence-corrected chi connectivity index (χ1v) is 5.62. The van der Waals surface area contributed by atoms with E-state index < -0.39 is 5.54 Å². The van der Waals surface area contributed by atoms with Crippen molar-refractivity contribution < 1.29 is 9.59 Å². The van der Waals surface area contributed by atoms with E-state index in [1.54, 1.807) is 0 Å². The number of hydrogen-bond acceptors (Lipinski definition) is 2. The lowest BCUT2D eigenvalue weighted by Crippen LogP contribution is -2.56. The fourth-order valence-electron chi connectivity index (χ4n) is 2.31. The van der Waals surface area contributed by atoms with Crippen molar-refractivity contribution in [1.82, 2.24) is 10.6 Å². The molecule has 1 fully saturated rings. The van der Waals surface area contributed by atoms with Crippen LogP contribution in [0.1, 0.15) is 40.5 Å². The topological polar surface area (TPSA) is 58.2 Å². The minimum atomic E-state index is -0.708. The monoisotopic (exact) mass is 212 g/mol. The summed E-state index contributed by atoms with van der Waals surface area (Å²) in [5, 5.41) is 5.17. The van der Waals surface area contributed by atoms with Crippen molar-refractivity contribution in [2.45, 2.75) is 46.1 Å². The Bertz CT molecular complexity index is 266. The number of hydrogen-bond donors (Lipinski definition) is 2. The summed E-state index contributed by atoms with van der Waals surface area (Å²) >= 11 is 0. The van der Waals surface area contributed by atoms with Crippen LogP contribution in [-0.2, 0) is 4.79 Å². The van der Waals surface area contributed by atoms with E-state index in [0.29, 0.717) is 0 Å². The van der Waals surface area contributed by atoms with E-state index in [2.05, 4.69) is 10.6 Å². The zero-order chi connectivity index (χ0) is 11.6. The predicted octanol–water partition coefficient (Wildman–Crippen LogP) is 1.66. The maximum Gasteiger partial charge on any atom is 0.322 e. The molecule has 0 radical (unpaired) electrons. The van der Waals surface area contributed by atoms with Crippen molar-refractivity contribution in [3.63, 3.8) is 0 Å². The molecular weight excluding hydrogens is 192 g/mol. The Kier molecular flexibility index (Phi) is 3.37. The molecule has 1 heterocycles. The minimum Gasteiger partial charge on any atom is -0.323 e. The second kappa shape index (κ2) is 4.21. The largest absolute Gasteiger partial charge is 0.323 e. The lowest BCUT2D eigenvalue weighted by molar-refractivity contribution is -0.128. The molecule has 3 amide bonds. The fraction of sp³-hybridized carbons (Fsp3) is 0.818. The third-order valence-corrected chi connectivity index (χ3v) is 3.70. The van der Waals surface area contributed by atoms with Gasteiger partial charge in [0, 0.05) is 0 Å². The van der Waals surface area contributed by atoms with Crippen LogP contribution in [0.5, 0.6) is 0 Å². The van der Waals surface area contributed by atoms with Crippen LogP contribution in [0.2, 0.25) is 0 Å². The van der Waals surface area contributed by atoms with Crippen molar-refractivity contribution in [3.8, 4) is 0 Å². The molecule has 0 aliphatic carbocycles. The molecule has 1 saturated heterocycles. The summed E-state index contributed by atoms with van der Waals surface area (Å²) in [6.45, 7) is 8.09. The van der Waals surface area contributed by atoms with Gasteiger partial charge < -0.3 is 5.32 Å². The van der Waals surface area contributed by atoms with E-state index in [-0.39, 0.29) is 23.8 Å². The van der Waals surface area contributed by atoms with Crippen molar-refractivity contribution in [2.75, 3.05) is 0 Å². The molecule has 2 atom stereocenters. The van der Waals surface area contributed by atoms with Crippen molar-refractivity contribution in [2.24, 2.45) is 11.8 Å². The standard InChI is InChI=1S/C11H20N2O2/c1-5-7(3)11(8(4)6-2)9(14)12-10(15)13-11/h7-8H,5-6H2,1-4H3,(H2,12,13,14,15). The predicted molar refractivity (Wildman–Crippen MR) is 58.3 cm³/mol. The molecule has 15 heavy (non-hydrogen) atoms. The second-order valence-electron chi connectivity index (χ2n) is 4.40. The smallest absolute Gasteiger partial charge is 0.322 e. The normalized spacial score (nSPS) is 29.6. The summed E-state index contributed by atoms with van der Waals surface area (Å²) in [7, 11) is 0. The number of nitrogens with one attached hydrogen (secondary N) is 2. The number of rotatable bonds is 4. The molecule has 0 aromatic carbocycles. The van der Waals surface area contributed by atoms with Crippen LogP contribution in [-0.4, -0.2) is 17.5 Å². The van der Waals surface area contributed by atoms with Crippen molar-refractivity contribution in [3.05, 3.63) is 0 Å². The van der Waals surface area contributed by atoms with Crippen molar-refractivity contribution >= 4 is 11.9 Å². The molecule has 2 N–H and O–H groups in total. The first-order chi connectivity index (χ1) is 6.98. The van der Waals surface area contributed by atoms with E-state index in [1.807, 2.05) is 27.7 Å². The summed E-state index contributed by atoms with van der Waals surface area (Å²) in [6, 6.07) is -0.361. The molecule has 1 rings (SSSR count). The van der Waals surface area contributed by atoms with Gasteiger partial charge in [-0.25, -0.2) is 4.79 Å². The molecule has 1 aliphatic heterocycles.